The van der Waals surface area contributed by atoms with E-state index in [9.17, 15) is 18.3 Å². The summed E-state index contributed by atoms with van der Waals surface area (Å²) in [6, 6.07) is 1.01. The summed E-state index contributed by atoms with van der Waals surface area (Å²) >= 11 is 0. The zero-order valence-corrected chi connectivity index (χ0v) is 10.1. The molecule has 0 saturated carbocycles. The molecular weight excluding hydrogens is 247 g/mol. The highest BCUT2D eigenvalue weighted by molar-refractivity contribution is 5.15. The Balaban J connectivity index is 2.16. The van der Waals surface area contributed by atoms with Crippen LogP contribution in [0.15, 0.2) is 6.07 Å². The number of aliphatic hydroxyl groups is 1. The molecule has 1 fully saturated rings. The van der Waals surface area contributed by atoms with Crippen molar-refractivity contribution in [3.05, 3.63) is 17.5 Å². The minimum absolute atomic E-state index is 0.203. The molecule has 2 rings (SSSR count). The van der Waals surface area contributed by atoms with Gasteiger partial charge < -0.3 is 10.4 Å². The monoisotopic (exact) mass is 263 g/mol. The van der Waals surface area contributed by atoms with Gasteiger partial charge in [-0.2, -0.15) is 18.3 Å². The molecule has 4 nitrogen and oxygen atoms in total. The molecule has 1 saturated heterocycles. The van der Waals surface area contributed by atoms with Crippen LogP contribution in [0.2, 0.25) is 0 Å². The van der Waals surface area contributed by atoms with E-state index in [1.54, 1.807) is 0 Å². The second kappa shape index (κ2) is 4.55. The van der Waals surface area contributed by atoms with Crippen LogP contribution < -0.4 is 5.32 Å². The van der Waals surface area contributed by atoms with E-state index >= 15 is 0 Å². The lowest BCUT2D eigenvalue weighted by molar-refractivity contribution is -0.141. The number of aryl methyl sites for hydroxylation is 1. The first kappa shape index (κ1) is 13.4. The molecule has 0 amide bonds. The lowest BCUT2D eigenvalue weighted by atomic mass is 9.88. The van der Waals surface area contributed by atoms with Gasteiger partial charge in [-0.3, -0.25) is 4.68 Å². The van der Waals surface area contributed by atoms with Crippen molar-refractivity contribution in [2.75, 3.05) is 13.1 Å². The van der Waals surface area contributed by atoms with Gasteiger partial charge in [0.25, 0.3) is 0 Å². The van der Waals surface area contributed by atoms with Gasteiger partial charge in [-0.25, -0.2) is 0 Å². The Hall–Kier alpha value is -1.08. The standard InChI is InChI=1S/C11H16F3N3O/c1-17-8(6-9(16-17)11(12,13)14)7-10(18)2-4-15-5-3-10/h6,15,18H,2-5,7H2,1H3. The fourth-order valence-electron chi connectivity index (χ4n) is 2.22. The molecule has 0 radical (unpaired) electrons. The molecule has 1 aliphatic heterocycles. The Morgan fingerprint density at radius 2 is 2.06 bits per heavy atom. The number of alkyl halides is 3. The van der Waals surface area contributed by atoms with Crippen molar-refractivity contribution in [3.8, 4) is 0 Å². The number of nitrogens with one attached hydrogen (secondary N) is 1. The van der Waals surface area contributed by atoms with Gasteiger partial charge >= 0.3 is 6.18 Å². The van der Waals surface area contributed by atoms with Crippen LogP contribution in [0.5, 0.6) is 0 Å². The molecule has 1 aromatic heterocycles. The second-order valence-corrected chi connectivity index (χ2v) is 4.79. The van der Waals surface area contributed by atoms with Crippen molar-refractivity contribution in [2.24, 2.45) is 7.05 Å². The summed E-state index contributed by atoms with van der Waals surface area (Å²) in [5.74, 6) is 0. The van der Waals surface area contributed by atoms with Gasteiger partial charge in [-0.1, -0.05) is 0 Å². The number of piperidine rings is 1. The van der Waals surface area contributed by atoms with Crippen molar-refractivity contribution in [3.63, 3.8) is 0 Å². The number of halogens is 3. The van der Waals surface area contributed by atoms with Gasteiger partial charge in [0.2, 0.25) is 0 Å². The first-order valence-electron chi connectivity index (χ1n) is 5.83. The van der Waals surface area contributed by atoms with E-state index in [0.717, 1.165) is 6.07 Å². The van der Waals surface area contributed by atoms with Crippen molar-refractivity contribution >= 4 is 0 Å². The summed E-state index contributed by atoms with van der Waals surface area (Å²) in [4.78, 5) is 0. The Labute approximate surface area is 103 Å². The molecule has 0 bridgehead atoms. The summed E-state index contributed by atoms with van der Waals surface area (Å²) < 4.78 is 38.7. The van der Waals surface area contributed by atoms with Crippen LogP contribution in [0, 0.1) is 0 Å². The number of aromatic nitrogens is 2. The van der Waals surface area contributed by atoms with Gasteiger partial charge in [0.1, 0.15) is 0 Å². The fraction of sp³-hybridized carbons (Fsp3) is 0.727. The molecule has 0 atom stereocenters. The van der Waals surface area contributed by atoms with Crippen molar-refractivity contribution in [1.82, 2.24) is 15.1 Å². The Bertz CT molecular complexity index is 422. The van der Waals surface area contributed by atoms with Crippen LogP contribution in [-0.2, 0) is 19.6 Å². The topological polar surface area (TPSA) is 50.1 Å². The molecule has 2 N–H and O–H groups in total. The van der Waals surface area contributed by atoms with Crippen molar-refractivity contribution in [1.29, 1.82) is 0 Å². The number of hydrogen-bond donors (Lipinski definition) is 2. The van der Waals surface area contributed by atoms with E-state index < -0.39 is 17.5 Å². The van der Waals surface area contributed by atoms with Crippen LogP contribution in [0.25, 0.3) is 0 Å². The first-order valence-corrected chi connectivity index (χ1v) is 5.83. The fourth-order valence-corrected chi connectivity index (χ4v) is 2.22. The van der Waals surface area contributed by atoms with Gasteiger partial charge in [0, 0.05) is 19.2 Å². The maximum Gasteiger partial charge on any atom is 0.435 e. The molecule has 7 heteroatoms. The maximum absolute atomic E-state index is 12.5. The van der Waals surface area contributed by atoms with E-state index in [1.807, 2.05) is 0 Å². The molecule has 18 heavy (non-hydrogen) atoms. The van der Waals surface area contributed by atoms with E-state index in [2.05, 4.69) is 10.4 Å². The van der Waals surface area contributed by atoms with Crippen molar-refractivity contribution < 1.29 is 18.3 Å². The normalized spacial score (nSPS) is 20.1. The van der Waals surface area contributed by atoms with Gasteiger partial charge in [0.15, 0.2) is 5.69 Å². The molecule has 1 aliphatic rings. The van der Waals surface area contributed by atoms with E-state index in [4.69, 9.17) is 0 Å². The highest BCUT2D eigenvalue weighted by Gasteiger charge is 2.36. The van der Waals surface area contributed by atoms with Crippen molar-refractivity contribution in [2.45, 2.75) is 31.0 Å². The van der Waals surface area contributed by atoms with Gasteiger partial charge in [-0.15, -0.1) is 0 Å². The average Bonchev–Trinajstić information content (AvgIpc) is 2.60. The zero-order chi connectivity index (χ0) is 13.4. The number of hydrogen-bond acceptors (Lipinski definition) is 3. The average molecular weight is 263 g/mol. The molecule has 2 heterocycles. The molecule has 0 aromatic carbocycles. The first-order chi connectivity index (χ1) is 8.30. The summed E-state index contributed by atoms with van der Waals surface area (Å²) in [5.41, 5.74) is -1.42. The second-order valence-electron chi connectivity index (χ2n) is 4.79. The molecule has 0 unspecified atom stereocenters. The molecule has 0 aliphatic carbocycles. The smallest absolute Gasteiger partial charge is 0.389 e. The van der Waals surface area contributed by atoms with Gasteiger partial charge in [-0.05, 0) is 32.0 Å². The van der Waals surface area contributed by atoms with E-state index in [1.165, 1.54) is 11.7 Å². The number of nitrogens with zero attached hydrogens (tertiary/aromatic N) is 2. The summed E-state index contributed by atoms with van der Waals surface area (Å²) in [6.07, 6.45) is -3.15. The largest absolute Gasteiger partial charge is 0.435 e. The maximum atomic E-state index is 12.5. The minimum atomic E-state index is -4.44. The van der Waals surface area contributed by atoms with E-state index in [0.29, 0.717) is 31.6 Å². The zero-order valence-electron chi connectivity index (χ0n) is 10.1. The Kier molecular flexibility index (Phi) is 3.37. The Morgan fingerprint density at radius 1 is 1.44 bits per heavy atom. The molecule has 0 spiro atoms. The molecular formula is C11H16F3N3O. The quantitative estimate of drug-likeness (QED) is 0.840. The highest BCUT2D eigenvalue weighted by atomic mass is 19.4. The van der Waals surface area contributed by atoms with Crippen LogP contribution >= 0.6 is 0 Å². The third-order valence-corrected chi connectivity index (χ3v) is 3.31. The highest BCUT2D eigenvalue weighted by Crippen LogP contribution is 2.30. The summed E-state index contributed by atoms with van der Waals surface area (Å²) in [6.45, 7) is 1.36. The van der Waals surface area contributed by atoms with Crippen LogP contribution in [0.4, 0.5) is 13.2 Å². The van der Waals surface area contributed by atoms with E-state index in [-0.39, 0.29) is 6.42 Å². The summed E-state index contributed by atoms with van der Waals surface area (Å²) in [7, 11) is 1.47. The van der Waals surface area contributed by atoms with Crippen LogP contribution in [-0.4, -0.2) is 33.6 Å². The molecule has 1 aromatic rings. The third-order valence-electron chi connectivity index (χ3n) is 3.31. The number of rotatable bonds is 2. The van der Waals surface area contributed by atoms with Crippen LogP contribution in [0.3, 0.4) is 0 Å². The molecule has 102 valence electrons. The van der Waals surface area contributed by atoms with Gasteiger partial charge in [0.05, 0.1) is 5.60 Å². The third kappa shape index (κ3) is 2.84. The minimum Gasteiger partial charge on any atom is -0.389 e. The summed E-state index contributed by atoms with van der Waals surface area (Å²) in [5, 5.41) is 16.8. The SMILES string of the molecule is Cn1nc(C(F)(F)F)cc1CC1(O)CCNCC1. The lowest BCUT2D eigenvalue weighted by Gasteiger charge is -2.32. The van der Waals surface area contributed by atoms with Crippen LogP contribution in [0.1, 0.15) is 24.2 Å². The predicted octanol–water partition coefficient (Wildman–Crippen LogP) is 1.10. The Morgan fingerprint density at radius 3 is 2.56 bits per heavy atom. The lowest BCUT2D eigenvalue weighted by Crippen LogP contribution is -2.43. The predicted molar refractivity (Wildman–Crippen MR) is 59.0 cm³/mol.